The molecule has 4 nitrogen and oxygen atoms in total. The third kappa shape index (κ3) is 4.13. The van der Waals surface area contributed by atoms with E-state index in [1.54, 1.807) is 4.90 Å². The Morgan fingerprint density at radius 3 is 2.78 bits per heavy atom. The molecule has 0 unspecified atom stereocenters. The average molecular weight is 250 g/mol. The molecule has 0 aliphatic carbocycles. The molecular formula is C14H22N2O2. The lowest BCUT2D eigenvalue weighted by Crippen LogP contribution is -2.34. The van der Waals surface area contributed by atoms with Crippen molar-refractivity contribution >= 4 is 5.91 Å². The monoisotopic (exact) mass is 250 g/mol. The fraction of sp³-hybridized carbons (Fsp3) is 0.500. The predicted molar refractivity (Wildman–Crippen MR) is 72.4 cm³/mol. The van der Waals surface area contributed by atoms with Gasteiger partial charge in [-0.25, -0.2) is 0 Å². The van der Waals surface area contributed by atoms with Crippen molar-refractivity contribution in [3.63, 3.8) is 0 Å². The number of benzene rings is 1. The zero-order chi connectivity index (χ0) is 13.4. The summed E-state index contributed by atoms with van der Waals surface area (Å²) in [5.41, 5.74) is 7.25. The quantitative estimate of drug-likeness (QED) is 0.749. The van der Waals surface area contributed by atoms with Crippen LogP contribution < -0.4 is 5.73 Å². The molecule has 18 heavy (non-hydrogen) atoms. The zero-order valence-electron chi connectivity index (χ0n) is 11.2. The fourth-order valence-corrected chi connectivity index (χ4v) is 1.74. The van der Waals surface area contributed by atoms with Crippen LogP contribution in [-0.2, 0) is 11.3 Å². The maximum atomic E-state index is 12.3. The van der Waals surface area contributed by atoms with Crippen LogP contribution in [0.15, 0.2) is 24.3 Å². The van der Waals surface area contributed by atoms with Crippen molar-refractivity contribution in [2.45, 2.75) is 20.4 Å². The van der Waals surface area contributed by atoms with E-state index in [2.05, 4.69) is 0 Å². The number of carbonyl (C=O) groups excluding carboxylic acids is 1. The molecule has 4 heteroatoms. The van der Waals surface area contributed by atoms with Gasteiger partial charge < -0.3 is 15.4 Å². The van der Waals surface area contributed by atoms with Gasteiger partial charge in [-0.1, -0.05) is 12.1 Å². The van der Waals surface area contributed by atoms with Gasteiger partial charge in [-0.15, -0.1) is 0 Å². The molecule has 0 aliphatic rings. The Bertz CT molecular complexity index is 380. The first kappa shape index (κ1) is 14.7. The maximum Gasteiger partial charge on any atom is 0.253 e. The van der Waals surface area contributed by atoms with E-state index in [0.717, 1.165) is 5.56 Å². The van der Waals surface area contributed by atoms with Crippen LogP contribution in [0.3, 0.4) is 0 Å². The number of nitrogens with zero attached hydrogens (tertiary/aromatic N) is 1. The van der Waals surface area contributed by atoms with Crippen molar-refractivity contribution in [2.75, 3.05) is 26.3 Å². The van der Waals surface area contributed by atoms with Crippen LogP contribution in [0.25, 0.3) is 0 Å². The standard InChI is InChI=1S/C14H22N2O2/c1-3-16(8-9-18-4-2)14(17)13-7-5-6-12(10-13)11-15/h5-7,10H,3-4,8-9,11,15H2,1-2H3. The molecule has 0 fully saturated rings. The molecule has 0 saturated heterocycles. The molecule has 0 saturated carbocycles. The molecule has 0 atom stereocenters. The van der Waals surface area contributed by atoms with Crippen LogP contribution in [0.1, 0.15) is 29.8 Å². The second-order valence-corrected chi connectivity index (χ2v) is 3.99. The third-order valence-corrected chi connectivity index (χ3v) is 2.79. The van der Waals surface area contributed by atoms with E-state index in [0.29, 0.717) is 38.4 Å². The van der Waals surface area contributed by atoms with Gasteiger partial charge in [0.15, 0.2) is 0 Å². The highest BCUT2D eigenvalue weighted by atomic mass is 16.5. The first-order valence-electron chi connectivity index (χ1n) is 6.38. The zero-order valence-corrected chi connectivity index (χ0v) is 11.2. The number of likely N-dealkylation sites (N-methyl/N-ethyl adjacent to an activating group) is 1. The smallest absolute Gasteiger partial charge is 0.253 e. The van der Waals surface area contributed by atoms with E-state index in [1.165, 1.54) is 0 Å². The SMILES string of the molecule is CCOCCN(CC)C(=O)c1cccc(CN)c1. The van der Waals surface area contributed by atoms with E-state index < -0.39 is 0 Å². The number of amides is 1. The average Bonchev–Trinajstić information content (AvgIpc) is 2.43. The topological polar surface area (TPSA) is 55.6 Å². The van der Waals surface area contributed by atoms with Crippen LogP contribution >= 0.6 is 0 Å². The summed E-state index contributed by atoms with van der Waals surface area (Å²) in [6.45, 7) is 6.92. The lowest BCUT2D eigenvalue weighted by molar-refractivity contribution is 0.0669. The molecule has 0 aliphatic heterocycles. The van der Waals surface area contributed by atoms with Gasteiger partial charge in [0.25, 0.3) is 5.91 Å². The number of hydrogen-bond acceptors (Lipinski definition) is 3. The minimum atomic E-state index is 0.0347. The van der Waals surface area contributed by atoms with Crippen LogP contribution in [0.5, 0.6) is 0 Å². The summed E-state index contributed by atoms with van der Waals surface area (Å²) < 4.78 is 5.28. The Kier molecular flexibility index (Phi) is 6.39. The first-order chi connectivity index (χ1) is 8.72. The first-order valence-corrected chi connectivity index (χ1v) is 6.38. The van der Waals surface area contributed by atoms with Crippen molar-refractivity contribution in [1.29, 1.82) is 0 Å². The summed E-state index contributed by atoms with van der Waals surface area (Å²) in [5.74, 6) is 0.0347. The summed E-state index contributed by atoms with van der Waals surface area (Å²) in [5, 5.41) is 0. The number of hydrogen-bond donors (Lipinski definition) is 1. The summed E-state index contributed by atoms with van der Waals surface area (Å²) in [6, 6.07) is 7.47. The minimum Gasteiger partial charge on any atom is -0.380 e. The molecule has 1 rings (SSSR count). The molecule has 0 radical (unpaired) electrons. The number of carbonyl (C=O) groups is 1. The molecule has 0 bridgehead atoms. The summed E-state index contributed by atoms with van der Waals surface area (Å²) in [4.78, 5) is 14.1. The Labute approximate surface area is 109 Å². The van der Waals surface area contributed by atoms with Crippen molar-refractivity contribution in [1.82, 2.24) is 4.90 Å². The van der Waals surface area contributed by atoms with Gasteiger partial charge in [0, 0.05) is 31.8 Å². The molecule has 0 heterocycles. The van der Waals surface area contributed by atoms with Crippen molar-refractivity contribution in [3.05, 3.63) is 35.4 Å². The Morgan fingerprint density at radius 2 is 2.17 bits per heavy atom. The minimum absolute atomic E-state index is 0.0347. The van der Waals surface area contributed by atoms with E-state index in [1.807, 2.05) is 38.1 Å². The predicted octanol–water partition coefficient (Wildman–Crippen LogP) is 1.64. The second kappa shape index (κ2) is 7.84. The molecule has 1 aromatic rings. The summed E-state index contributed by atoms with van der Waals surface area (Å²) in [7, 11) is 0. The Balaban J connectivity index is 2.69. The van der Waals surface area contributed by atoms with Crippen LogP contribution in [-0.4, -0.2) is 37.1 Å². The van der Waals surface area contributed by atoms with Crippen molar-refractivity contribution < 1.29 is 9.53 Å². The van der Waals surface area contributed by atoms with Gasteiger partial charge in [0.2, 0.25) is 0 Å². The molecular weight excluding hydrogens is 228 g/mol. The van der Waals surface area contributed by atoms with E-state index >= 15 is 0 Å². The number of rotatable bonds is 7. The Morgan fingerprint density at radius 1 is 1.39 bits per heavy atom. The second-order valence-electron chi connectivity index (χ2n) is 3.99. The van der Waals surface area contributed by atoms with Gasteiger partial charge in [-0.2, -0.15) is 0 Å². The molecule has 1 amide bonds. The van der Waals surface area contributed by atoms with Crippen molar-refractivity contribution in [2.24, 2.45) is 5.73 Å². The highest BCUT2D eigenvalue weighted by molar-refractivity contribution is 5.94. The van der Waals surface area contributed by atoms with E-state index in [-0.39, 0.29) is 5.91 Å². The summed E-state index contributed by atoms with van der Waals surface area (Å²) >= 11 is 0. The Hall–Kier alpha value is -1.39. The summed E-state index contributed by atoms with van der Waals surface area (Å²) in [6.07, 6.45) is 0. The van der Waals surface area contributed by atoms with E-state index in [9.17, 15) is 4.79 Å². The fourth-order valence-electron chi connectivity index (χ4n) is 1.74. The van der Waals surface area contributed by atoms with Crippen LogP contribution in [0.4, 0.5) is 0 Å². The highest BCUT2D eigenvalue weighted by Crippen LogP contribution is 2.08. The molecule has 0 spiro atoms. The molecule has 1 aromatic carbocycles. The lowest BCUT2D eigenvalue weighted by atomic mass is 10.1. The van der Waals surface area contributed by atoms with E-state index in [4.69, 9.17) is 10.5 Å². The van der Waals surface area contributed by atoms with Crippen LogP contribution in [0, 0.1) is 0 Å². The van der Waals surface area contributed by atoms with Gasteiger partial charge in [0.05, 0.1) is 6.61 Å². The molecule has 2 N–H and O–H groups in total. The van der Waals surface area contributed by atoms with Crippen LogP contribution in [0.2, 0.25) is 0 Å². The molecule has 0 aromatic heterocycles. The molecule has 100 valence electrons. The maximum absolute atomic E-state index is 12.3. The van der Waals surface area contributed by atoms with Gasteiger partial charge in [0.1, 0.15) is 0 Å². The number of nitrogens with two attached hydrogens (primary N) is 1. The van der Waals surface area contributed by atoms with Gasteiger partial charge in [-0.3, -0.25) is 4.79 Å². The van der Waals surface area contributed by atoms with Gasteiger partial charge in [-0.05, 0) is 31.5 Å². The van der Waals surface area contributed by atoms with Gasteiger partial charge >= 0.3 is 0 Å². The lowest BCUT2D eigenvalue weighted by Gasteiger charge is -2.21. The third-order valence-electron chi connectivity index (χ3n) is 2.79. The largest absolute Gasteiger partial charge is 0.380 e. The van der Waals surface area contributed by atoms with Crippen molar-refractivity contribution in [3.8, 4) is 0 Å². The normalized spacial score (nSPS) is 10.4. The number of ether oxygens (including phenoxy) is 1. The highest BCUT2D eigenvalue weighted by Gasteiger charge is 2.13.